The Morgan fingerprint density at radius 3 is 2.76 bits per heavy atom. The van der Waals surface area contributed by atoms with Gasteiger partial charge in [-0.2, -0.15) is 0 Å². The van der Waals surface area contributed by atoms with Crippen molar-refractivity contribution in [3.63, 3.8) is 0 Å². The first kappa shape index (κ1) is 20.5. The second kappa shape index (κ2) is 9.33. The predicted octanol–water partition coefficient (Wildman–Crippen LogP) is 2.76. The van der Waals surface area contributed by atoms with Crippen molar-refractivity contribution in [3.8, 4) is 0 Å². The van der Waals surface area contributed by atoms with E-state index in [1.807, 2.05) is 31.2 Å². The van der Waals surface area contributed by atoms with Crippen molar-refractivity contribution in [3.05, 3.63) is 46.6 Å². The Bertz CT molecular complexity index is 962. The summed E-state index contributed by atoms with van der Waals surface area (Å²) < 4.78 is 11.3. The molecule has 29 heavy (non-hydrogen) atoms. The predicted molar refractivity (Wildman–Crippen MR) is 109 cm³/mol. The van der Waals surface area contributed by atoms with Crippen LogP contribution in [0.3, 0.4) is 0 Å². The van der Waals surface area contributed by atoms with Gasteiger partial charge < -0.3 is 20.1 Å². The molecule has 9 heteroatoms. The van der Waals surface area contributed by atoms with Crippen molar-refractivity contribution in [2.75, 3.05) is 13.2 Å². The molecule has 1 atom stereocenters. The Morgan fingerprint density at radius 1 is 1.24 bits per heavy atom. The molecule has 2 aromatic rings. The van der Waals surface area contributed by atoms with Crippen LogP contribution in [0, 0.1) is 0 Å². The van der Waals surface area contributed by atoms with E-state index in [1.54, 1.807) is 13.0 Å². The third kappa shape index (κ3) is 5.00. The number of amides is 2. The molecule has 1 aromatic heterocycles. The van der Waals surface area contributed by atoms with Gasteiger partial charge in [0.25, 0.3) is 0 Å². The van der Waals surface area contributed by atoms with E-state index < -0.39 is 24.0 Å². The number of carbonyl (C=O) groups is 3. The van der Waals surface area contributed by atoms with Crippen LogP contribution in [-0.4, -0.2) is 42.2 Å². The van der Waals surface area contributed by atoms with Crippen molar-refractivity contribution in [1.29, 1.82) is 0 Å². The molecule has 2 N–H and O–H groups in total. The summed E-state index contributed by atoms with van der Waals surface area (Å²) in [4.78, 5) is 40.7. The van der Waals surface area contributed by atoms with Crippen LogP contribution < -0.4 is 10.6 Å². The van der Waals surface area contributed by atoms with Gasteiger partial charge in [-0.05, 0) is 31.6 Å². The number of rotatable bonds is 7. The van der Waals surface area contributed by atoms with Gasteiger partial charge in [0.1, 0.15) is 11.6 Å². The fourth-order valence-electron chi connectivity index (χ4n) is 2.87. The number of hydrogen-bond donors (Lipinski definition) is 2. The van der Waals surface area contributed by atoms with Crippen LogP contribution in [0.15, 0.2) is 41.6 Å². The summed E-state index contributed by atoms with van der Waals surface area (Å²) >= 11 is 1.46. The number of urea groups is 1. The minimum absolute atomic E-state index is 0.199. The van der Waals surface area contributed by atoms with Crippen LogP contribution in [0.25, 0.3) is 16.3 Å². The molecule has 0 saturated heterocycles. The largest absolute Gasteiger partial charge is 0.463 e. The number of para-hydroxylation sites is 1. The highest BCUT2D eigenvalue weighted by atomic mass is 32.1. The lowest BCUT2D eigenvalue weighted by atomic mass is 10.0. The SMILES string of the molecule is CCOC(=O)C1=C(COC(=O)/C=C/c2nc3ccccc3s2)NC(=O)N[C@@H]1CC. The van der Waals surface area contributed by atoms with Crippen LogP contribution in [-0.2, 0) is 19.1 Å². The van der Waals surface area contributed by atoms with Crippen LogP contribution in [0.4, 0.5) is 4.79 Å². The van der Waals surface area contributed by atoms with Crippen molar-refractivity contribution >= 4 is 45.6 Å². The number of aromatic nitrogens is 1. The maximum Gasteiger partial charge on any atom is 0.338 e. The number of benzene rings is 1. The second-order valence-corrected chi connectivity index (χ2v) is 7.20. The molecule has 0 saturated carbocycles. The summed E-state index contributed by atoms with van der Waals surface area (Å²) in [5, 5.41) is 5.87. The summed E-state index contributed by atoms with van der Waals surface area (Å²) in [6.45, 7) is 3.48. The molecule has 152 valence electrons. The molecular formula is C20H21N3O5S. The molecule has 3 rings (SSSR count). The van der Waals surface area contributed by atoms with Crippen molar-refractivity contribution in [2.24, 2.45) is 0 Å². The third-order valence-corrected chi connectivity index (χ3v) is 5.18. The van der Waals surface area contributed by atoms with Crippen molar-refractivity contribution in [2.45, 2.75) is 26.3 Å². The molecule has 0 fully saturated rings. The molecular weight excluding hydrogens is 394 g/mol. The Morgan fingerprint density at radius 2 is 2.03 bits per heavy atom. The molecule has 1 aromatic carbocycles. The molecule has 0 unspecified atom stereocenters. The van der Waals surface area contributed by atoms with Crippen LogP contribution in [0.1, 0.15) is 25.3 Å². The molecule has 0 bridgehead atoms. The topological polar surface area (TPSA) is 107 Å². The average Bonchev–Trinajstić information content (AvgIpc) is 3.13. The Hall–Kier alpha value is -3.20. The number of nitrogens with one attached hydrogen (secondary N) is 2. The first-order valence-corrected chi connectivity index (χ1v) is 10.0. The van der Waals surface area contributed by atoms with Gasteiger partial charge in [-0.3, -0.25) is 0 Å². The van der Waals surface area contributed by atoms with Gasteiger partial charge in [0.15, 0.2) is 0 Å². The summed E-state index contributed by atoms with van der Waals surface area (Å²) in [6, 6.07) is 6.71. The summed E-state index contributed by atoms with van der Waals surface area (Å²) in [5.74, 6) is -1.16. The first-order valence-electron chi connectivity index (χ1n) is 9.19. The van der Waals surface area contributed by atoms with E-state index in [0.717, 1.165) is 10.2 Å². The lowest BCUT2D eigenvalue weighted by Gasteiger charge is -2.28. The van der Waals surface area contributed by atoms with Gasteiger partial charge in [0.2, 0.25) is 0 Å². The van der Waals surface area contributed by atoms with E-state index in [1.165, 1.54) is 17.4 Å². The van der Waals surface area contributed by atoms with E-state index >= 15 is 0 Å². The minimum Gasteiger partial charge on any atom is -0.463 e. The minimum atomic E-state index is -0.610. The maximum absolute atomic E-state index is 12.3. The lowest BCUT2D eigenvalue weighted by Crippen LogP contribution is -2.51. The van der Waals surface area contributed by atoms with E-state index in [4.69, 9.17) is 9.47 Å². The van der Waals surface area contributed by atoms with E-state index in [0.29, 0.717) is 11.4 Å². The number of esters is 2. The average molecular weight is 415 g/mol. The number of hydrogen-bond acceptors (Lipinski definition) is 7. The van der Waals surface area contributed by atoms with Gasteiger partial charge in [0.05, 0.1) is 34.1 Å². The van der Waals surface area contributed by atoms with E-state index in [9.17, 15) is 14.4 Å². The fourth-order valence-corrected chi connectivity index (χ4v) is 3.74. The van der Waals surface area contributed by atoms with Gasteiger partial charge in [0, 0.05) is 6.08 Å². The molecule has 2 amide bonds. The normalized spacial score (nSPS) is 16.6. The second-order valence-electron chi connectivity index (χ2n) is 6.13. The monoisotopic (exact) mass is 415 g/mol. The summed E-state index contributed by atoms with van der Waals surface area (Å²) in [6.07, 6.45) is 3.34. The van der Waals surface area contributed by atoms with Gasteiger partial charge in [-0.15, -0.1) is 11.3 Å². The number of ether oxygens (including phenoxy) is 2. The number of thiazole rings is 1. The fraction of sp³-hybridized carbons (Fsp3) is 0.300. The quantitative estimate of drug-likeness (QED) is 0.532. The molecule has 1 aliphatic heterocycles. The van der Waals surface area contributed by atoms with Crippen LogP contribution >= 0.6 is 11.3 Å². The number of carbonyl (C=O) groups excluding carboxylic acids is 3. The Kier molecular flexibility index (Phi) is 6.61. The molecule has 1 aliphatic rings. The van der Waals surface area contributed by atoms with Gasteiger partial charge in [-0.1, -0.05) is 19.1 Å². The Balaban J connectivity index is 1.70. The zero-order valence-electron chi connectivity index (χ0n) is 16.1. The van der Waals surface area contributed by atoms with E-state index in [-0.39, 0.29) is 24.5 Å². The lowest BCUT2D eigenvalue weighted by molar-refractivity contribution is -0.140. The van der Waals surface area contributed by atoms with Crippen LogP contribution in [0.5, 0.6) is 0 Å². The van der Waals surface area contributed by atoms with E-state index in [2.05, 4.69) is 15.6 Å². The van der Waals surface area contributed by atoms with Gasteiger partial charge in [-0.25, -0.2) is 19.4 Å². The highest BCUT2D eigenvalue weighted by molar-refractivity contribution is 7.19. The number of fused-ring (bicyclic) bond motifs is 1. The molecule has 2 heterocycles. The highest BCUT2D eigenvalue weighted by Gasteiger charge is 2.31. The molecule has 0 spiro atoms. The standard InChI is InChI=1S/C20H21N3O5S/c1-3-12-18(19(25)27-4-2)14(23-20(26)22-12)11-28-17(24)10-9-16-21-13-7-5-6-8-15(13)29-16/h5-10,12H,3-4,11H2,1-2H3,(H2,22,23,26)/b10-9+/t12-/m1/s1. The van der Waals surface area contributed by atoms with Gasteiger partial charge >= 0.3 is 18.0 Å². The smallest absolute Gasteiger partial charge is 0.338 e. The Labute approximate surface area is 171 Å². The molecule has 0 radical (unpaired) electrons. The zero-order valence-corrected chi connectivity index (χ0v) is 16.9. The number of nitrogens with zero attached hydrogens (tertiary/aromatic N) is 1. The maximum atomic E-state index is 12.3. The molecule has 0 aliphatic carbocycles. The zero-order chi connectivity index (χ0) is 20.8. The highest BCUT2D eigenvalue weighted by Crippen LogP contribution is 2.22. The summed E-state index contributed by atoms with van der Waals surface area (Å²) in [5.41, 5.74) is 1.34. The summed E-state index contributed by atoms with van der Waals surface area (Å²) in [7, 11) is 0. The van der Waals surface area contributed by atoms with Crippen LogP contribution in [0.2, 0.25) is 0 Å². The third-order valence-electron chi connectivity index (χ3n) is 4.18. The molecule has 8 nitrogen and oxygen atoms in total. The van der Waals surface area contributed by atoms with Crippen molar-refractivity contribution < 1.29 is 23.9 Å². The first-order chi connectivity index (χ1) is 14.0. The van der Waals surface area contributed by atoms with Crippen molar-refractivity contribution in [1.82, 2.24) is 15.6 Å².